The molecule has 0 aliphatic heterocycles. The van der Waals surface area contributed by atoms with Crippen molar-refractivity contribution in [2.45, 2.75) is 26.2 Å². The van der Waals surface area contributed by atoms with Crippen molar-refractivity contribution in [2.75, 3.05) is 13.1 Å². The number of carboxylic acid groups (broad SMARTS) is 1. The summed E-state index contributed by atoms with van der Waals surface area (Å²) in [6.45, 7) is 2.70. The molecule has 20 heavy (non-hydrogen) atoms. The van der Waals surface area contributed by atoms with E-state index in [1.54, 1.807) is 4.90 Å². The van der Waals surface area contributed by atoms with E-state index in [0.29, 0.717) is 19.4 Å². The van der Waals surface area contributed by atoms with Crippen LogP contribution < -0.4 is 0 Å². The van der Waals surface area contributed by atoms with Gasteiger partial charge in [-0.3, -0.25) is 9.59 Å². The molecule has 4 heteroatoms. The molecule has 0 unspecified atom stereocenters. The number of aliphatic carboxylic acids is 1. The summed E-state index contributed by atoms with van der Waals surface area (Å²) in [7, 11) is 0. The van der Waals surface area contributed by atoms with Crippen molar-refractivity contribution in [3.05, 3.63) is 42.0 Å². The van der Waals surface area contributed by atoms with Gasteiger partial charge in [-0.2, -0.15) is 0 Å². The molecule has 1 rings (SSSR count). The number of hydrogen-bond donors (Lipinski definition) is 1. The number of allylic oxidation sites excluding steroid dienone is 1. The Balaban J connectivity index is 2.34. The third-order valence-corrected chi connectivity index (χ3v) is 2.96. The van der Waals surface area contributed by atoms with E-state index < -0.39 is 5.97 Å². The molecular weight excluding hydrogens is 254 g/mol. The Morgan fingerprint density at radius 2 is 1.90 bits per heavy atom. The Labute approximate surface area is 119 Å². The second-order valence-electron chi connectivity index (χ2n) is 4.47. The lowest BCUT2D eigenvalue weighted by atomic mass is 10.2. The van der Waals surface area contributed by atoms with Gasteiger partial charge in [0, 0.05) is 19.5 Å². The van der Waals surface area contributed by atoms with E-state index in [4.69, 9.17) is 5.11 Å². The van der Waals surface area contributed by atoms with Gasteiger partial charge in [-0.15, -0.1) is 0 Å². The van der Waals surface area contributed by atoms with Crippen molar-refractivity contribution in [3.8, 4) is 0 Å². The quantitative estimate of drug-likeness (QED) is 0.793. The summed E-state index contributed by atoms with van der Waals surface area (Å²) in [6.07, 6.45) is 5.03. The number of rotatable bonds is 8. The van der Waals surface area contributed by atoms with E-state index in [1.807, 2.05) is 49.4 Å². The van der Waals surface area contributed by atoms with E-state index in [-0.39, 0.29) is 18.9 Å². The van der Waals surface area contributed by atoms with Crippen LogP contribution in [0.4, 0.5) is 0 Å². The first-order valence-electron chi connectivity index (χ1n) is 6.84. The van der Waals surface area contributed by atoms with Gasteiger partial charge in [0.25, 0.3) is 0 Å². The normalized spacial score (nSPS) is 10.7. The molecule has 0 saturated heterocycles. The smallest absolute Gasteiger partial charge is 0.305 e. The van der Waals surface area contributed by atoms with E-state index in [2.05, 4.69) is 0 Å². The van der Waals surface area contributed by atoms with Crippen molar-refractivity contribution < 1.29 is 14.7 Å². The monoisotopic (exact) mass is 275 g/mol. The van der Waals surface area contributed by atoms with Crippen molar-refractivity contribution >= 4 is 18.0 Å². The maximum atomic E-state index is 11.9. The standard InChI is InChI=1S/C16H21NO3/c1-2-17(13-12-16(19)20)15(18)11-7-6-10-14-8-4-3-5-9-14/h3-6,8-10H,2,7,11-13H2,1H3,(H,19,20)/b10-6+. The molecule has 0 saturated carbocycles. The van der Waals surface area contributed by atoms with Gasteiger partial charge < -0.3 is 10.0 Å². The molecule has 1 aromatic rings. The first kappa shape index (κ1) is 16.0. The number of carbonyl (C=O) groups excluding carboxylic acids is 1. The first-order valence-corrected chi connectivity index (χ1v) is 6.84. The summed E-state index contributed by atoms with van der Waals surface area (Å²) in [6, 6.07) is 9.90. The van der Waals surface area contributed by atoms with Crippen LogP contribution in [0.25, 0.3) is 6.08 Å². The summed E-state index contributed by atoms with van der Waals surface area (Å²) in [4.78, 5) is 24.0. The molecule has 0 radical (unpaired) electrons. The van der Waals surface area contributed by atoms with Crippen LogP contribution in [0.2, 0.25) is 0 Å². The van der Waals surface area contributed by atoms with E-state index in [9.17, 15) is 9.59 Å². The molecule has 0 aliphatic rings. The third-order valence-electron chi connectivity index (χ3n) is 2.96. The summed E-state index contributed by atoms with van der Waals surface area (Å²) in [5.41, 5.74) is 1.11. The van der Waals surface area contributed by atoms with Crippen LogP contribution in [0.1, 0.15) is 31.7 Å². The predicted octanol–water partition coefficient (Wildman–Crippen LogP) is 2.80. The van der Waals surface area contributed by atoms with Crippen LogP contribution in [0.15, 0.2) is 36.4 Å². The molecule has 1 N–H and O–H groups in total. The van der Waals surface area contributed by atoms with Crippen LogP contribution in [-0.4, -0.2) is 35.0 Å². The SMILES string of the molecule is CCN(CCC(=O)O)C(=O)CC/C=C/c1ccccc1. The number of nitrogens with zero attached hydrogens (tertiary/aromatic N) is 1. The van der Waals surface area contributed by atoms with Gasteiger partial charge in [-0.1, -0.05) is 42.5 Å². The molecule has 0 aromatic heterocycles. The molecule has 1 aromatic carbocycles. The minimum absolute atomic E-state index is 0.000561. The average molecular weight is 275 g/mol. The van der Waals surface area contributed by atoms with Crippen molar-refractivity contribution in [2.24, 2.45) is 0 Å². The van der Waals surface area contributed by atoms with Crippen LogP contribution in [0.5, 0.6) is 0 Å². The van der Waals surface area contributed by atoms with Crippen molar-refractivity contribution in [1.82, 2.24) is 4.90 Å². The summed E-state index contributed by atoms with van der Waals surface area (Å²) < 4.78 is 0. The van der Waals surface area contributed by atoms with Gasteiger partial charge in [-0.25, -0.2) is 0 Å². The molecular formula is C16H21NO3. The van der Waals surface area contributed by atoms with E-state index in [1.165, 1.54) is 0 Å². The second-order valence-corrected chi connectivity index (χ2v) is 4.47. The largest absolute Gasteiger partial charge is 0.481 e. The van der Waals surface area contributed by atoms with Crippen molar-refractivity contribution in [3.63, 3.8) is 0 Å². The van der Waals surface area contributed by atoms with Gasteiger partial charge in [-0.05, 0) is 18.9 Å². The van der Waals surface area contributed by atoms with Crippen LogP contribution in [-0.2, 0) is 9.59 Å². The highest BCUT2D eigenvalue weighted by Gasteiger charge is 2.11. The van der Waals surface area contributed by atoms with Gasteiger partial charge >= 0.3 is 5.97 Å². The topological polar surface area (TPSA) is 57.6 Å². The fourth-order valence-corrected chi connectivity index (χ4v) is 1.84. The highest BCUT2D eigenvalue weighted by molar-refractivity contribution is 5.77. The zero-order valence-corrected chi connectivity index (χ0v) is 11.8. The Hall–Kier alpha value is -2.10. The van der Waals surface area contributed by atoms with Gasteiger partial charge in [0.05, 0.1) is 6.42 Å². The molecule has 0 spiro atoms. The predicted molar refractivity (Wildman–Crippen MR) is 79.2 cm³/mol. The second kappa shape index (κ2) is 8.91. The molecule has 0 aliphatic carbocycles. The maximum absolute atomic E-state index is 11.9. The average Bonchev–Trinajstić information content (AvgIpc) is 2.45. The van der Waals surface area contributed by atoms with E-state index >= 15 is 0 Å². The van der Waals surface area contributed by atoms with E-state index in [0.717, 1.165) is 5.56 Å². The van der Waals surface area contributed by atoms with Crippen molar-refractivity contribution in [1.29, 1.82) is 0 Å². The number of benzene rings is 1. The fourth-order valence-electron chi connectivity index (χ4n) is 1.84. The van der Waals surface area contributed by atoms with Crippen LogP contribution in [0, 0.1) is 0 Å². The lowest BCUT2D eigenvalue weighted by Crippen LogP contribution is -2.32. The Morgan fingerprint density at radius 3 is 2.50 bits per heavy atom. The minimum atomic E-state index is -0.875. The molecule has 0 atom stereocenters. The molecule has 1 amide bonds. The lowest BCUT2D eigenvalue weighted by molar-refractivity contribution is -0.138. The maximum Gasteiger partial charge on any atom is 0.305 e. The minimum Gasteiger partial charge on any atom is -0.481 e. The molecule has 0 bridgehead atoms. The van der Waals surface area contributed by atoms with Crippen LogP contribution in [0.3, 0.4) is 0 Å². The zero-order valence-electron chi connectivity index (χ0n) is 11.8. The number of carboxylic acids is 1. The Kier molecular flexibility index (Phi) is 7.11. The lowest BCUT2D eigenvalue weighted by Gasteiger charge is -2.19. The van der Waals surface area contributed by atoms with Gasteiger partial charge in [0.1, 0.15) is 0 Å². The van der Waals surface area contributed by atoms with Crippen LogP contribution >= 0.6 is 0 Å². The third kappa shape index (κ3) is 6.18. The Morgan fingerprint density at radius 1 is 1.20 bits per heavy atom. The first-order chi connectivity index (χ1) is 9.63. The zero-order chi connectivity index (χ0) is 14.8. The molecule has 0 heterocycles. The molecule has 0 fully saturated rings. The Bertz CT molecular complexity index is 454. The van der Waals surface area contributed by atoms with Gasteiger partial charge in [0.15, 0.2) is 0 Å². The molecule has 4 nitrogen and oxygen atoms in total. The summed E-state index contributed by atoms with van der Waals surface area (Å²) >= 11 is 0. The number of amides is 1. The molecule has 108 valence electrons. The number of carbonyl (C=O) groups is 2. The van der Waals surface area contributed by atoms with Gasteiger partial charge in [0.2, 0.25) is 5.91 Å². The summed E-state index contributed by atoms with van der Waals surface area (Å²) in [5.74, 6) is -0.869. The highest BCUT2D eigenvalue weighted by Crippen LogP contribution is 2.05. The fraction of sp³-hybridized carbons (Fsp3) is 0.375. The summed E-state index contributed by atoms with van der Waals surface area (Å²) in [5, 5.41) is 8.63. The highest BCUT2D eigenvalue weighted by atomic mass is 16.4. The number of hydrogen-bond acceptors (Lipinski definition) is 2.